The molecule has 1 rings (SSSR count). The first-order valence-electron chi connectivity index (χ1n) is 7.28. The second kappa shape index (κ2) is 7.23. The topological polar surface area (TPSA) is 46.2 Å². The van der Waals surface area contributed by atoms with Gasteiger partial charge in [0.25, 0.3) is 0 Å². The molecule has 0 heterocycles. The van der Waals surface area contributed by atoms with Gasteiger partial charge in [0.1, 0.15) is 0 Å². The fraction of sp³-hybridized carbons (Fsp3) is 0.625. The Labute approximate surface area is 123 Å². The Morgan fingerprint density at radius 2 is 1.65 bits per heavy atom. The third-order valence-electron chi connectivity index (χ3n) is 3.64. The number of rotatable bonds is 7. The monoisotopic (exact) mass is 297 g/mol. The molecule has 2 atom stereocenters. The number of nitrogens with one attached hydrogen (secondary N) is 1. The Hall–Kier alpha value is -0.870. The maximum Gasteiger partial charge on any atom is 0.158 e. The van der Waals surface area contributed by atoms with Gasteiger partial charge in [-0.15, -0.1) is 0 Å². The Bertz CT molecular complexity index is 517. The summed E-state index contributed by atoms with van der Waals surface area (Å²) in [5.74, 6) is 0.120. The number of hydrogen-bond acceptors (Lipinski definition) is 3. The van der Waals surface area contributed by atoms with Crippen molar-refractivity contribution in [1.82, 2.24) is 5.32 Å². The second-order valence-electron chi connectivity index (χ2n) is 5.75. The molecular formula is C16H27NO2S. The zero-order chi connectivity index (χ0) is 15.3. The molecule has 1 aromatic rings. The molecule has 0 amide bonds. The van der Waals surface area contributed by atoms with E-state index in [1.807, 2.05) is 32.9 Å². The first-order valence-corrected chi connectivity index (χ1v) is 9.00. The molecule has 4 heteroatoms. The second-order valence-corrected chi connectivity index (χ2v) is 8.11. The molecule has 0 aliphatic carbocycles. The van der Waals surface area contributed by atoms with E-state index >= 15 is 0 Å². The van der Waals surface area contributed by atoms with Gasteiger partial charge in [0.2, 0.25) is 0 Å². The lowest BCUT2D eigenvalue weighted by Gasteiger charge is -2.21. The molecule has 0 aromatic heterocycles. The summed E-state index contributed by atoms with van der Waals surface area (Å²) < 4.78 is 25.0. The van der Waals surface area contributed by atoms with Crippen LogP contribution in [0.15, 0.2) is 18.2 Å². The van der Waals surface area contributed by atoms with Crippen LogP contribution in [0.3, 0.4) is 0 Å². The summed E-state index contributed by atoms with van der Waals surface area (Å²) in [5, 5.41) is 2.89. The molecule has 114 valence electrons. The van der Waals surface area contributed by atoms with Crippen LogP contribution in [0.1, 0.15) is 43.9 Å². The highest BCUT2D eigenvalue weighted by molar-refractivity contribution is 7.91. The molecule has 20 heavy (non-hydrogen) atoms. The molecule has 0 aliphatic heterocycles. The van der Waals surface area contributed by atoms with E-state index in [0.717, 1.165) is 29.7 Å². The van der Waals surface area contributed by atoms with Crippen LogP contribution in [0.25, 0.3) is 0 Å². The van der Waals surface area contributed by atoms with Crippen LogP contribution in [0.5, 0.6) is 0 Å². The Morgan fingerprint density at radius 1 is 1.10 bits per heavy atom. The third-order valence-corrected chi connectivity index (χ3v) is 5.91. The van der Waals surface area contributed by atoms with E-state index < -0.39 is 9.84 Å². The minimum Gasteiger partial charge on any atom is -0.313 e. The SMILES string of the molecule is CCCNC(C)C(C)S(=O)(=O)Cc1cc(C)cc(C)c1. The minimum atomic E-state index is -3.14. The first-order chi connectivity index (χ1) is 9.26. The Balaban J connectivity index is 2.83. The van der Waals surface area contributed by atoms with Gasteiger partial charge in [-0.2, -0.15) is 0 Å². The highest BCUT2D eigenvalue weighted by Crippen LogP contribution is 2.16. The predicted molar refractivity (Wildman–Crippen MR) is 85.8 cm³/mol. The van der Waals surface area contributed by atoms with E-state index in [1.54, 1.807) is 6.92 Å². The van der Waals surface area contributed by atoms with Crippen LogP contribution in [0.4, 0.5) is 0 Å². The van der Waals surface area contributed by atoms with Crippen molar-refractivity contribution in [3.8, 4) is 0 Å². The fourth-order valence-electron chi connectivity index (χ4n) is 2.37. The van der Waals surface area contributed by atoms with Crippen molar-refractivity contribution in [3.05, 3.63) is 34.9 Å². The third kappa shape index (κ3) is 4.91. The van der Waals surface area contributed by atoms with Gasteiger partial charge in [0.15, 0.2) is 9.84 Å². The van der Waals surface area contributed by atoms with Gasteiger partial charge >= 0.3 is 0 Å². The first kappa shape index (κ1) is 17.2. The van der Waals surface area contributed by atoms with Gasteiger partial charge in [-0.3, -0.25) is 0 Å². The molecule has 0 aliphatic rings. The van der Waals surface area contributed by atoms with Gasteiger partial charge in [-0.1, -0.05) is 36.2 Å². The summed E-state index contributed by atoms with van der Waals surface area (Å²) >= 11 is 0. The lowest BCUT2D eigenvalue weighted by atomic mass is 10.1. The highest BCUT2D eigenvalue weighted by atomic mass is 32.2. The number of sulfone groups is 1. The Kier molecular flexibility index (Phi) is 6.21. The van der Waals surface area contributed by atoms with E-state index in [9.17, 15) is 8.42 Å². The van der Waals surface area contributed by atoms with Gasteiger partial charge in [0.05, 0.1) is 11.0 Å². The lowest BCUT2D eigenvalue weighted by molar-refractivity contribution is 0.509. The average molecular weight is 297 g/mol. The standard InChI is InChI=1S/C16H27NO2S/c1-6-7-17-14(4)15(5)20(18,19)11-16-9-12(2)8-13(3)10-16/h8-10,14-15,17H,6-7,11H2,1-5H3. The minimum absolute atomic E-state index is 0.0224. The van der Waals surface area contributed by atoms with Crippen LogP contribution in [-0.2, 0) is 15.6 Å². The van der Waals surface area contributed by atoms with Crippen LogP contribution in [0, 0.1) is 13.8 Å². The summed E-state index contributed by atoms with van der Waals surface area (Å²) in [4.78, 5) is 0. The average Bonchev–Trinajstić information content (AvgIpc) is 2.33. The van der Waals surface area contributed by atoms with Crippen LogP contribution in [0.2, 0.25) is 0 Å². The molecule has 2 unspecified atom stereocenters. The van der Waals surface area contributed by atoms with E-state index in [-0.39, 0.29) is 17.0 Å². The number of aryl methyl sites for hydroxylation is 2. The van der Waals surface area contributed by atoms with Crippen molar-refractivity contribution in [2.24, 2.45) is 0 Å². The van der Waals surface area contributed by atoms with E-state index in [2.05, 4.69) is 18.3 Å². The summed E-state index contributed by atoms with van der Waals surface area (Å²) in [7, 11) is -3.14. The van der Waals surface area contributed by atoms with Crippen LogP contribution < -0.4 is 5.32 Å². The van der Waals surface area contributed by atoms with Gasteiger partial charge in [-0.05, 0) is 46.2 Å². The lowest BCUT2D eigenvalue weighted by Crippen LogP contribution is -2.41. The molecule has 1 aromatic carbocycles. The van der Waals surface area contributed by atoms with Crippen molar-refractivity contribution < 1.29 is 8.42 Å². The Morgan fingerprint density at radius 3 is 2.15 bits per heavy atom. The molecule has 0 radical (unpaired) electrons. The van der Waals surface area contributed by atoms with Crippen molar-refractivity contribution >= 4 is 9.84 Å². The maximum atomic E-state index is 12.5. The highest BCUT2D eigenvalue weighted by Gasteiger charge is 2.26. The van der Waals surface area contributed by atoms with Crippen molar-refractivity contribution in [2.45, 2.75) is 58.1 Å². The normalized spacial score (nSPS) is 15.1. The fourth-order valence-corrected chi connectivity index (χ4v) is 3.98. The van der Waals surface area contributed by atoms with Gasteiger partial charge < -0.3 is 5.32 Å². The van der Waals surface area contributed by atoms with Gasteiger partial charge in [-0.25, -0.2) is 8.42 Å². The van der Waals surface area contributed by atoms with Crippen LogP contribution >= 0.6 is 0 Å². The van der Waals surface area contributed by atoms with E-state index in [0.29, 0.717) is 0 Å². The van der Waals surface area contributed by atoms with Gasteiger partial charge in [0, 0.05) is 6.04 Å². The molecule has 0 saturated carbocycles. The van der Waals surface area contributed by atoms with Crippen molar-refractivity contribution in [1.29, 1.82) is 0 Å². The summed E-state index contributed by atoms with van der Waals surface area (Å²) in [6.07, 6.45) is 1.01. The zero-order valence-corrected chi connectivity index (χ0v) is 14.0. The molecule has 0 fully saturated rings. The van der Waals surface area contributed by atoms with E-state index in [1.165, 1.54) is 0 Å². The molecule has 3 nitrogen and oxygen atoms in total. The van der Waals surface area contributed by atoms with Crippen LogP contribution in [-0.4, -0.2) is 26.3 Å². The molecule has 0 spiro atoms. The van der Waals surface area contributed by atoms with E-state index in [4.69, 9.17) is 0 Å². The zero-order valence-electron chi connectivity index (χ0n) is 13.2. The molecule has 0 bridgehead atoms. The molecular weight excluding hydrogens is 270 g/mol. The largest absolute Gasteiger partial charge is 0.313 e. The maximum absolute atomic E-state index is 12.5. The van der Waals surface area contributed by atoms with Crippen molar-refractivity contribution in [3.63, 3.8) is 0 Å². The summed E-state index contributed by atoms with van der Waals surface area (Å²) in [6.45, 7) is 10.7. The number of benzene rings is 1. The predicted octanol–water partition coefficient (Wildman–Crippen LogP) is 2.99. The summed E-state index contributed by atoms with van der Waals surface area (Å²) in [5.41, 5.74) is 3.11. The molecule has 0 saturated heterocycles. The quantitative estimate of drug-likeness (QED) is 0.841. The van der Waals surface area contributed by atoms with Crippen molar-refractivity contribution in [2.75, 3.05) is 6.54 Å². The smallest absolute Gasteiger partial charge is 0.158 e. The number of hydrogen-bond donors (Lipinski definition) is 1. The molecule has 1 N–H and O–H groups in total. The summed E-state index contributed by atoms with van der Waals surface area (Å²) in [6, 6.07) is 5.96.